The Morgan fingerprint density at radius 2 is 1.89 bits per heavy atom. The summed E-state index contributed by atoms with van der Waals surface area (Å²) in [6.45, 7) is 15.8. The van der Waals surface area contributed by atoms with Gasteiger partial charge in [-0.05, 0) is 80.0 Å². The molecule has 0 unspecified atom stereocenters. The predicted molar refractivity (Wildman–Crippen MR) is 148 cm³/mol. The number of rotatable bonds is 6. The highest BCUT2D eigenvalue weighted by Crippen LogP contribution is 2.38. The highest BCUT2D eigenvalue weighted by molar-refractivity contribution is 5.84. The van der Waals surface area contributed by atoms with Crippen LogP contribution < -0.4 is 0 Å². The van der Waals surface area contributed by atoms with Crippen molar-refractivity contribution in [2.45, 2.75) is 96.5 Å². The van der Waals surface area contributed by atoms with Gasteiger partial charge in [0.2, 0.25) is 5.91 Å². The van der Waals surface area contributed by atoms with E-state index in [-0.39, 0.29) is 17.9 Å². The third-order valence-corrected chi connectivity index (χ3v) is 7.96. The third kappa shape index (κ3) is 5.62. The zero-order chi connectivity index (χ0) is 27.8. The Bertz CT molecular complexity index is 1200. The fourth-order valence-electron chi connectivity index (χ4n) is 5.40. The average Bonchev–Trinajstić information content (AvgIpc) is 3.49. The summed E-state index contributed by atoms with van der Waals surface area (Å²) in [6.07, 6.45) is 6.36. The molecule has 1 saturated carbocycles. The number of carbonyl (C=O) groups excluding carboxylic acids is 1. The molecular weight excluding hydrogens is 484 g/mol. The van der Waals surface area contributed by atoms with Gasteiger partial charge >= 0.3 is 0 Å². The minimum atomic E-state index is -1.04. The molecule has 38 heavy (non-hydrogen) atoms. The Balaban J connectivity index is 1.64. The number of ether oxygens (including phenoxy) is 1. The Morgan fingerprint density at radius 1 is 1.21 bits per heavy atom. The van der Waals surface area contributed by atoms with Crippen LogP contribution in [0.2, 0.25) is 0 Å². The van der Waals surface area contributed by atoms with Crippen molar-refractivity contribution < 1.29 is 19.7 Å². The molecule has 2 N–H and O–H groups in total. The Hall–Kier alpha value is -2.82. The van der Waals surface area contributed by atoms with Crippen LogP contribution in [0.4, 0.5) is 0 Å². The SMILES string of the molecule is C=N/C(C)=N\n1c(C2CCC(O)CC2)cc(-c2cnn(C(C)(C)C(=O)N3CCO[C@H](C(C)(C)O)C3)c2)c1C. The summed E-state index contributed by atoms with van der Waals surface area (Å²) >= 11 is 0. The quantitative estimate of drug-likeness (QED) is 0.442. The second-order valence-electron chi connectivity index (χ2n) is 11.7. The number of carbonyl (C=O) groups is 1. The minimum Gasteiger partial charge on any atom is -0.393 e. The van der Waals surface area contributed by atoms with Gasteiger partial charge in [0.1, 0.15) is 17.5 Å². The lowest BCUT2D eigenvalue weighted by molar-refractivity contribution is -0.159. The van der Waals surface area contributed by atoms with E-state index in [1.165, 1.54) is 0 Å². The molecule has 0 radical (unpaired) electrons. The van der Waals surface area contributed by atoms with E-state index < -0.39 is 17.2 Å². The molecule has 2 aromatic rings. The van der Waals surface area contributed by atoms with Gasteiger partial charge in [0.25, 0.3) is 0 Å². The van der Waals surface area contributed by atoms with Crippen molar-refractivity contribution in [2.24, 2.45) is 10.1 Å². The molecule has 1 saturated heterocycles. The summed E-state index contributed by atoms with van der Waals surface area (Å²) < 4.78 is 9.38. The third-order valence-electron chi connectivity index (χ3n) is 7.96. The highest BCUT2D eigenvalue weighted by Gasteiger charge is 2.40. The number of hydrogen-bond donors (Lipinski definition) is 2. The molecule has 3 heterocycles. The average molecular weight is 527 g/mol. The van der Waals surface area contributed by atoms with Crippen molar-refractivity contribution in [3.63, 3.8) is 0 Å². The van der Waals surface area contributed by atoms with Crippen LogP contribution in [0.5, 0.6) is 0 Å². The number of morpholine rings is 1. The first-order valence-corrected chi connectivity index (χ1v) is 13.4. The van der Waals surface area contributed by atoms with Crippen molar-refractivity contribution in [3.8, 4) is 11.1 Å². The van der Waals surface area contributed by atoms with Gasteiger partial charge in [-0.2, -0.15) is 10.2 Å². The van der Waals surface area contributed by atoms with E-state index in [9.17, 15) is 15.0 Å². The monoisotopic (exact) mass is 526 g/mol. The highest BCUT2D eigenvalue weighted by atomic mass is 16.5. The molecule has 1 amide bonds. The van der Waals surface area contributed by atoms with Crippen LogP contribution in [0.15, 0.2) is 28.6 Å². The van der Waals surface area contributed by atoms with Gasteiger partial charge in [-0.15, -0.1) is 0 Å². The van der Waals surface area contributed by atoms with Crippen molar-refractivity contribution in [3.05, 3.63) is 29.8 Å². The molecule has 0 aromatic carbocycles. The van der Waals surface area contributed by atoms with Crippen molar-refractivity contribution >= 4 is 18.5 Å². The topological polar surface area (TPSA) is 117 Å². The summed E-state index contributed by atoms with van der Waals surface area (Å²) in [5.74, 6) is 0.785. The normalized spacial score (nSPS) is 23.5. The second-order valence-corrected chi connectivity index (χ2v) is 11.7. The van der Waals surface area contributed by atoms with Gasteiger partial charge in [0, 0.05) is 47.7 Å². The van der Waals surface area contributed by atoms with Crippen molar-refractivity contribution in [1.29, 1.82) is 0 Å². The number of amidine groups is 1. The molecule has 1 atom stereocenters. The van der Waals surface area contributed by atoms with Gasteiger partial charge in [-0.3, -0.25) is 9.48 Å². The zero-order valence-corrected chi connectivity index (χ0v) is 23.5. The first-order chi connectivity index (χ1) is 17.8. The molecule has 2 aromatic heterocycles. The zero-order valence-electron chi connectivity index (χ0n) is 23.5. The Kier molecular flexibility index (Phi) is 7.97. The first kappa shape index (κ1) is 28.2. The summed E-state index contributed by atoms with van der Waals surface area (Å²) in [5.41, 5.74) is 1.97. The molecule has 10 heteroatoms. The van der Waals surface area contributed by atoms with E-state index in [2.05, 4.69) is 22.9 Å². The second kappa shape index (κ2) is 10.7. The number of aliphatic imine (C=N–C) groups is 1. The van der Waals surface area contributed by atoms with Gasteiger partial charge in [0.05, 0.1) is 24.5 Å². The van der Waals surface area contributed by atoms with E-state index in [1.807, 2.05) is 38.6 Å². The molecular formula is C28H42N6O4. The van der Waals surface area contributed by atoms with Crippen LogP contribution in [0, 0.1) is 6.92 Å². The lowest BCUT2D eigenvalue weighted by atomic mass is 9.85. The van der Waals surface area contributed by atoms with E-state index in [0.717, 1.165) is 48.2 Å². The van der Waals surface area contributed by atoms with Crippen LogP contribution in [-0.2, 0) is 15.1 Å². The minimum absolute atomic E-state index is 0.0715. The van der Waals surface area contributed by atoms with Crippen molar-refractivity contribution in [1.82, 2.24) is 19.4 Å². The largest absolute Gasteiger partial charge is 0.393 e. The molecule has 208 valence electrons. The molecule has 4 rings (SSSR count). The molecule has 10 nitrogen and oxygen atoms in total. The molecule has 1 aliphatic carbocycles. The van der Waals surface area contributed by atoms with E-state index in [0.29, 0.717) is 25.5 Å². The van der Waals surface area contributed by atoms with E-state index in [1.54, 1.807) is 29.6 Å². The van der Waals surface area contributed by atoms with Crippen LogP contribution in [-0.4, -0.2) is 85.5 Å². The van der Waals surface area contributed by atoms with Crippen LogP contribution in [0.3, 0.4) is 0 Å². The van der Waals surface area contributed by atoms with Crippen LogP contribution >= 0.6 is 0 Å². The van der Waals surface area contributed by atoms with Gasteiger partial charge in [-0.1, -0.05) is 0 Å². The summed E-state index contributed by atoms with van der Waals surface area (Å²) in [4.78, 5) is 19.4. The molecule has 0 spiro atoms. The smallest absolute Gasteiger partial charge is 0.250 e. The van der Waals surface area contributed by atoms with E-state index >= 15 is 0 Å². The Labute approximate surface area is 225 Å². The first-order valence-electron chi connectivity index (χ1n) is 13.4. The molecule has 2 aliphatic rings. The summed E-state index contributed by atoms with van der Waals surface area (Å²) in [6, 6.07) is 2.16. The number of amides is 1. The number of aromatic nitrogens is 3. The lowest BCUT2D eigenvalue weighted by Crippen LogP contribution is -2.57. The summed E-state index contributed by atoms with van der Waals surface area (Å²) in [5, 5.41) is 29.7. The van der Waals surface area contributed by atoms with Gasteiger partial charge in [0.15, 0.2) is 0 Å². The number of aliphatic hydroxyl groups is 2. The Morgan fingerprint density at radius 3 is 2.53 bits per heavy atom. The maximum atomic E-state index is 13.6. The summed E-state index contributed by atoms with van der Waals surface area (Å²) in [7, 11) is 0. The predicted octanol–water partition coefficient (Wildman–Crippen LogP) is 3.29. The van der Waals surface area contributed by atoms with Gasteiger partial charge in [-0.25, -0.2) is 9.67 Å². The maximum absolute atomic E-state index is 13.6. The molecule has 0 bridgehead atoms. The van der Waals surface area contributed by atoms with Crippen LogP contribution in [0.25, 0.3) is 11.1 Å². The number of hydrogen-bond acceptors (Lipinski definition) is 6. The number of aliphatic hydroxyl groups excluding tert-OH is 1. The fourth-order valence-corrected chi connectivity index (χ4v) is 5.40. The van der Waals surface area contributed by atoms with Gasteiger partial charge < -0.3 is 19.8 Å². The number of nitrogens with zero attached hydrogens (tertiary/aromatic N) is 6. The lowest BCUT2D eigenvalue weighted by Gasteiger charge is -2.41. The molecule has 2 fully saturated rings. The van der Waals surface area contributed by atoms with E-state index in [4.69, 9.17) is 9.84 Å². The standard InChI is InChI=1S/C28H42N6O4/c1-18-23(14-24(34(18)31-19(2)29-7)20-8-10-22(35)11-9-20)21-15-30-33(16-21)27(3,4)26(36)32-12-13-38-25(17-32)28(5,6)37/h14-16,20,22,25,35,37H,7-13,17H2,1-6H3/b31-19-/t20?,22?,25-/m0/s1. The molecule has 1 aliphatic heterocycles. The van der Waals surface area contributed by atoms with Crippen LogP contribution in [0.1, 0.15) is 77.6 Å². The van der Waals surface area contributed by atoms with Crippen molar-refractivity contribution in [2.75, 3.05) is 19.7 Å². The fraction of sp³-hybridized carbons (Fsp3) is 0.643. The maximum Gasteiger partial charge on any atom is 0.250 e.